The zero-order valence-electron chi connectivity index (χ0n) is 9.10. The fourth-order valence-corrected chi connectivity index (χ4v) is 1.76. The smallest absolute Gasteiger partial charge is 0.350 e. The molecule has 0 atom stereocenters. The van der Waals surface area contributed by atoms with Crippen LogP contribution in [0.3, 0.4) is 0 Å². The van der Waals surface area contributed by atoms with E-state index in [1.54, 1.807) is 7.05 Å². The first-order valence-electron chi connectivity index (χ1n) is 4.86. The molecule has 0 aliphatic heterocycles. The maximum Gasteiger partial charge on any atom is 0.434 e. The molecule has 1 rings (SSSR count). The molecule has 17 heavy (non-hydrogen) atoms. The Hall–Kier alpha value is -1.15. The molecule has 0 fully saturated rings. The molecular formula is C9H12F3N3OS. The van der Waals surface area contributed by atoms with E-state index in [9.17, 15) is 18.0 Å². The number of nitrogens with zero attached hydrogens (tertiary/aromatic N) is 1. The largest absolute Gasteiger partial charge is 0.434 e. The topological polar surface area (TPSA) is 54.0 Å². The summed E-state index contributed by atoms with van der Waals surface area (Å²) in [6, 6.07) is 0. The molecule has 0 bridgehead atoms. The first kappa shape index (κ1) is 13.9. The molecule has 1 aromatic rings. The normalized spacial score (nSPS) is 11.5. The molecule has 96 valence electrons. The predicted octanol–water partition coefficient (Wildman–Crippen LogP) is 1.39. The molecule has 2 N–H and O–H groups in total. The van der Waals surface area contributed by atoms with Crippen LogP contribution >= 0.6 is 11.3 Å². The van der Waals surface area contributed by atoms with Crippen LogP contribution in [0.15, 0.2) is 5.38 Å². The second-order valence-corrected chi connectivity index (χ2v) is 4.20. The van der Waals surface area contributed by atoms with Gasteiger partial charge in [0.05, 0.1) is 6.54 Å². The van der Waals surface area contributed by atoms with Gasteiger partial charge in [0.15, 0.2) is 5.69 Å². The van der Waals surface area contributed by atoms with Gasteiger partial charge in [0, 0.05) is 18.3 Å². The van der Waals surface area contributed by atoms with E-state index < -0.39 is 11.9 Å². The number of alkyl halides is 3. The molecule has 0 aromatic carbocycles. The Labute approximate surface area is 100 Å². The van der Waals surface area contributed by atoms with Crippen molar-refractivity contribution < 1.29 is 18.0 Å². The number of carbonyl (C=O) groups is 1. The summed E-state index contributed by atoms with van der Waals surface area (Å²) in [6.07, 6.45) is -4.14. The molecular weight excluding hydrogens is 255 g/mol. The van der Waals surface area contributed by atoms with E-state index in [-0.39, 0.29) is 23.9 Å². The van der Waals surface area contributed by atoms with Gasteiger partial charge in [-0.25, -0.2) is 4.98 Å². The van der Waals surface area contributed by atoms with Crippen molar-refractivity contribution in [3.8, 4) is 0 Å². The summed E-state index contributed by atoms with van der Waals surface area (Å²) >= 11 is 0.881. The molecule has 4 nitrogen and oxygen atoms in total. The molecule has 1 heterocycles. The lowest BCUT2D eigenvalue weighted by Gasteiger charge is -2.02. The van der Waals surface area contributed by atoms with Gasteiger partial charge in [-0.1, -0.05) is 0 Å². The van der Waals surface area contributed by atoms with Crippen LogP contribution in [0.4, 0.5) is 13.2 Å². The van der Waals surface area contributed by atoms with Crippen LogP contribution < -0.4 is 10.6 Å². The molecule has 0 saturated carbocycles. The van der Waals surface area contributed by atoms with Crippen molar-refractivity contribution in [2.45, 2.75) is 19.1 Å². The second-order valence-electron chi connectivity index (χ2n) is 3.25. The Morgan fingerprint density at radius 1 is 1.53 bits per heavy atom. The van der Waals surface area contributed by atoms with E-state index in [4.69, 9.17) is 0 Å². The highest BCUT2D eigenvalue weighted by Crippen LogP contribution is 2.29. The van der Waals surface area contributed by atoms with Crippen molar-refractivity contribution in [1.82, 2.24) is 15.6 Å². The Balaban J connectivity index is 2.42. The quantitative estimate of drug-likeness (QED) is 0.847. The fourth-order valence-electron chi connectivity index (χ4n) is 1.02. The highest BCUT2D eigenvalue weighted by Gasteiger charge is 2.33. The molecule has 0 unspecified atom stereocenters. The van der Waals surface area contributed by atoms with Gasteiger partial charge >= 0.3 is 6.18 Å². The number of halogens is 3. The summed E-state index contributed by atoms with van der Waals surface area (Å²) in [6.45, 7) is 0.556. The molecule has 0 spiro atoms. The lowest BCUT2D eigenvalue weighted by Crippen LogP contribution is -2.26. The Morgan fingerprint density at radius 3 is 2.76 bits per heavy atom. The van der Waals surface area contributed by atoms with E-state index >= 15 is 0 Å². The van der Waals surface area contributed by atoms with E-state index in [0.29, 0.717) is 6.54 Å². The van der Waals surface area contributed by atoms with Gasteiger partial charge in [0.25, 0.3) is 0 Å². The van der Waals surface area contributed by atoms with Crippen LogP contribution in [-0.4, -0.2) is 24.5 Å². The number of carbonyl (C=O) groups excluding carboxylic acids is 1. The molecule has 0 aliphatic carbocycles. The van der Waals surface area contributed by atoms with Crippen molar-refractivity contribution in [2.75, 3.05) is 13.6 Å². The van der Waals surface area contributed by atoms with E-state index in [1.165, 1.54) is 0 Å². The summed E-state index contributed by atoms with van der Waals surface area (Å²) in [5, 5.41) is 6.48. The summed E-state index contributed by atoms with van der Waals surface area (Å²) in [5.74, 6) is -0.219. The standard InChI is InChI=1S/C9H12F3N3OS/c1-13-3-2-7(16)14-4-8-15-6(5-17-8)9(10,11)12/h5,13H,2-4H2,1H3,(H,14,16). The van der Waals surface area contributed by atoms with Crippen molar-refractivity contribution in [3.63, 3.8) is 0 Å². The number of hydrogen-bond acceptors (Lipinski definition) is 4. The molecule has 8 heteroatoms. The number of rotatable bonds is 5. The van der Waals surface area contributed by atoms with Gasteiger partial charge in [-0.05, 0) is 7.05 Å². The van der Waals surface area contributed by atoms with Gasteiger partial charge in [-0.15, -0.1) is 11.3 Å². The maximum absolute atomic E-state index is 12.2. The summed E-state index contributed by atoms with van der Waals surface area (Å²) in [4.78, 5) is 14.6. The molecule has 1 amide bonds. The lowest BCUT2D eigenvalue weighted by molar-refractivity contribution is -0.140. The van der Waals surface area contributed by atoms with Crippen LogP contribution in [0.25, 0.3) is 0 Å². The lowest BCUT2D eigenvalue weighted by atomic mass is 10.4. The van der Waals surface area contributed by atoms with Crippen molar-refractivity contribution in [1.29, 1.82) is 0 Å². The van der Waals surface area contributed by atoms with Crippen LogP contribution in [-0.2, 0) is 17.5 Å². The van der Waals surface area contributed by atoms with Crippen molar-refractivity contribution in [2.24, 2.45) is 0 Å². The highest BCUT2D eigenvalue weighted by molar-refractivity contribution is 7.09. The second kappa shape index (κ2) is 5.97. The third-order valence-corrected chi connectivity index (χ3v) is 2.73. The minimum absolute atomic E-state index is 0.0310. The zero-order valence-corrected chi connectivity index (χ0v) is 9.91. The van der Waals surface area contributed by atoms with Crippen molar-refractivity contribution >= 4 is 17.2 Å². The number of hydrogen-bond donors (Lipinski definition) is 2. The third kappa shape index (κ3) is 4.70. The SMILES string of the molecule is CNCCC(=O)NCc1nc(C(F)(F)F)cs1. The number of aromatic nitrogens is 1. The Bertz CT molecular complexity index is 378. The number of amides is 1. The van der Waals surface area contributed by atoms with Crippen LogP contribution in [0.2, 0.25) is 0 Å². The van der Waals surface area contributed by atoms with E-state index in [0.717, 1.165) is 16.7 Å². The molecule has 0 aliphatic rings. The average molecular weight is 267 g/mol. The Kier molecular flexibility index (Phi) is 4.88. The minimum atomic E-state index is -4.43. The minimum Gasteiger partial charge on any atom is -0.350 e. The van der Waals surface area contributed by atoms with Gasteiger partial charge < -0.3 is 10.6 Å². The third-order valence-electron chi connectivity index (χ3n) is 1.88. The molecule has 0 saturated heterocycles. The van der Waals surface area contributed by atoms with Gasteiger partial charge in [0.2, 0.25) is 5.91 Å². The number of nitrogens with one attached hydrogen (secondary N) is 2. The van der Waals surface area contributed by atoms with E-state index in [2.05, 4.69) is 15.6 Å². The maximum atomic E-state index is 12.2. The van der Waals surface area contributed by atoms with E-state index in [1.807, 2.05) is 0 Å². The highest BCUT2D eigenvalue weighted by atomic mass is 32.1. The Morgan fingerprint density at radius 2 is 2.24 bits per heavy atom. The van der Waals surface area contributed by atoms with Crippen molar-refractivity contribution in [3.05, 3.63) is 16.1 Å². The summed E-state index contributed by atoms with van der Waals surface area (Å²) in [7, 11) is 1.71. The van der Waals surface area contributed by atoms with Gasteiger partial charge in [-0.3, -0.25) is 4.79 Å². The van der Waals surface area contributed by atoms with Crippen LogP contribution in [0.5, 0.6) is 0 Å². The van der Waals surface area contributed by atoms with Crippen LogP contribution in [0, 0.1) is 0 Å². The number of thiazole rings is 1. The molecule has 1 aromatic heterocycles. The molecule has 0 radical (unpaired) electrons. The zero-order chi connectivity index (χ0) is 12.9. The summed E-state index contributed by atoms with van der Waals surface area (Å²) < 4.78 is 36.6. The van der Waals surface area contributed by atoms with Crippen LogP contribution in [0.1, 0.15) is 17.1 Å². The monoisotopic (exact) mass is 267 g/mol. The fraction of sp³-hybridized carbons (Fsp3) is 0.556. The predicted molar refractivity (Wildman–Crippen MR) is 57.5 cm³/mol. The first-order chi connectivity index (χ1) is 7.93. The average Bonchev–Trinajstić information content (AvgIpc) is 2.71. The summed E-state index contributed by atoms with van der Waals surface area (Å²) in [5.41, 5.74) is -0.915. The van der Waals surface area contributed by atoms with Gasteiger partial charge in [0.1, 0.15) is 5.01 Å². The first-order valence-corrected chi connectivity index (χ1v) is 5.74. The van der Waals surface area contributed by atoms with Gasteiger partial charge in [-0.2, -0.15) is 13.2 Å².